The molecule has 48 heavy (non-hydrogen) atoms. The maximum Gasteiger partial charge on any atom is 0.262 e. The molecule has 2 saturated heterocycles. The van der Waals surface area contributed by atoms with Crippen molar-refractivity contribution in [3.05, 3.63) is 76.6 Å². The summed E-state index contributed by atoms with van der Waals surface area (Å²) in [5, 5.41) is 19.0. The number of nitriles is 1. The Labute approximate surface area is 277 Å². The highest BCUT2D eigenvalue weighted by molar-refractivity contribution is 6.23. The van der Waals surface area contributed by atoms with Gasteiger partial charge in [-0.15, -0.1) is 0 Å². The third-order valence-electron chi connectivity index (χ3n) is 9.55. The van der Waals surface area contributed by atoms with Crippen molar-refractivity contribution in [2.45, 2.75) is 63.5 Å². The van der Waals surface area contributed by atoms with Crippen LogP contribution in [0.1, 0.15) is 89.3 Å². The molecule has 3 aromatic rings. The number of nitrogens with zero attached hydrogens (tertiary/aromatic N) is 5. The molecule has 0 spiro atoms. The zero-order valence-corrected chi connectivity index (χ0v) is 26.6. The second-order valence-electron chi connectivity index (χ2n) is 13.3. The second kappa shape index (κ2) is 11.8. The van der Waals surface area contributed by atoms with Gasteiger partial charge in [0.15, 0.2) is 0 Å². The van der Waals surface area contributed by atoms with Gasteiger partial charge in [0.1, 0.15) is 11.6 Å². The summed E-state index contributed by atoms with van der Waals surface area (Å²) in [6.45, 7) is 4.92. The molecular weight excluding hydrogens is 610 g/mol. The lowest BCUT2D eigenvalue weighted by Crippen LogP contribution is -2.54. The Hall–Kier alpha value is -5.75. The summed E-state index contributed by atoms with van der Waals surface area (Å²) >= 11 is 0. The van der Waals surface area contributed by atoms with Crippen LogP contribution < -0.4 is 15.5 Å². The Morgan fingerprint density at radius 1 is 1.00 bits per heavy atom. The van der Waals surface area contributed by atoms with Crippen molar-refractivity contribution in [2.24, 2.45) is 5.92 Å². The van der Waals surface area contributed by atoms with E-state index in [2.05, 4.69) is 38.5 Å². The molecule has 2 atom stereocenters. The number of aromatic nitrogens is 2. The van der Waals surface area contributed by atoms with E-state index in [0.29, 0.717) is 30.1 Å². The molecule has 5 amide bonds. The molecule has 4 heterocycles. The molecule has 7 rings (SSSR count). The summed E-state index contributed by atoms with van der Waals surface area (Å²) in [6, 6.07) is 11.6. The minimum absolute atomic E-state index is 0.0486. The number of carbonyl (C=O) groups excluding carboxylic acids is 5. The summed E-state index contributed by atoms with van der Waals surface area (Å²) in [6.07, 6.45) is 6.47. The second-order valence-corrected chi connectivity index (χ2v) is 13.3. The first-order valence-corrected chi connectivity index (χ1v) is 16.1. The molecule has 0 radical (unpaired) electrons. The van der Waals surface area contributed by atoms with E-state index in [1.54, 1.807) is 61.3 Å². The van der Waals surface area contributed by atoms with Gasteiger partial charge < -0.3 is 10.2 Å². The van der Waals surface area contributed by atoms with Crippen LogP contribution >= 0.6 is 0 Å². The predicted molar refractivity (Wildman–Crippen MR) is 174 cm³/mol. The van der Waals surface area contributed by atoms with E-state index < -0.39 is 35.2 Å². The zero-order valence-electron chi connectivity index (χ0n) is 26.6. The average Bonchev–Trinajstić information content (AvgIpc) is 3.50. The highest BCUT2D eigenvalue weighted by atomic mass is 16.2. The van der Waals surface area contributed by atoms with Crippen LogP contribution in [-0.4, -0.2) is 63.3 Å². The molecule has 2 aromatic carbocycles. The zero-order chi connectivity index (χ0) is 33.7. The molecule has 242 valence electrons. The maximum absolute atomic E-state index is 13.4. The average molecular weight is 644 g/mol. The van der Waals surface area contributed by atoms with Gasteiger partial charge in [0.2, 0.25) is 11.8 Å². The molecule has 12 nitrogen and oxygen atoms in total. The molecule has 3 fully saturated rings. The van der Waals surface area contributed by atoms with Crippen LogP contribution in [0.4, 0.5) is 11.4 Å². The number of anilines is 2. The Balaban J connectivity index is 0.997. The van der Waals surface area contributed by atoms with Gasteiger partial charge in [-0.05, 0) is 87.4 Å². The maximum atomic E-state index is 13.4. The molecule has 4 aliphatic rings. The van der Waals surface area contributed by atoms with Crippen molar-refractivity contribution < 1.29 is 24.0 Å². The number of carbonyl (C=O) groups is 5. The lowest BCUT2D eigenvalue weighted by Gasteiger charge is -2.27. The van der Waals surface area contributed by atoms with Crippen molar-refractivity contribution >= 4 is 40.9 Å². The number of rotatable bonds is 6. The molecule has 1 aliphatic carbocycles. The van der Waals surface area contributed by atoms with E-state index in [-0.39, 0.29) is 35.8 Å². The van der Waals surface area contributed by atoms with Crippen molar-refractivity contribution in [3.63, 3.8) is 0 Å². The van der Waals surface area contributed by atoms with Crippen LogP contribution in [0.25, 0.3) is 0 Å². The number of hydrogen-bond donors (Lipinski definition) is 2. The Kier molecular flexibility index (Phi) is 7.59. The normalized spacial score (nSPS) is 20.6. The van der Waals surface area contributed by atoms with Gasteiger partial charge in [0.25, 0.3) is 17.7 Å². The largest absolute Gasteiger partial charge is 0.370 e. The third kappa shape index (κ3) is 5.60. The number of hydrogen-bond acceptors (Lipinski definition) is 8. The van der Waals surface area contributed by atoms with E-state index >= 15 is 0 Å². The summed E-state index contributed by atoms with van der Waals surface area (Å²) in [4.78, 5) is 66.7. The minimum atomic E-state index is -1.00. The van der Waals surface area contributed by atoms with Crippen molar-refractivity contribution in [1.29, 1.82) is 5.26 Å². The molecule has 2 N–H and O–H groups in total. The Morgan fingerprint density at radius 2 is 1.79 bits per heavy atom. The van der Waals surface area contributed by atoms with Crippen LogP contribution in [0.15, 0.2) is 48.8 Å². The van der Waals surface area contributed by atoms with E-state index in [9.17, 15) is 29.2 Å². The molecule has 0 bridgehead atoms. The van der Waals surface area contributed by atoms with Gasteiger partial charge in [-0.3, -0.25) is 38.9 Å². The fourth-order valence-electron chi connectivity index (χ4n) is 6.50. The first-order valence-electron chi connectivity index (χ1n) is 16.1. The molecular formula is C36H33N7O5. The highest BCUT2D eigenvalue weighted by Crippen LogP contribution is 2.44. The van der Waals surface area contributed by atoms with Crippen LogP contribution in [-0.2, 0) is 19.9 Å². The van der Waals surface area contributed by atoms with Crippen LogP contribution in [0.3, 0.4) is 0 Å². The lowest BCUT2D eigenvalue weighted by atomic mass is 10.0. The number of benzene rings is 2. The molecule has 3 aliphatic heterocycles. The number of amides is 5. The van der Waals surface area contributed by atoms with Gasteiger partial charge in [-0.2, -0.15) is 10.4 Å². The van der Waals surface area contributed by atoms with Gasteiger partial charge in [0, 0.05) is 43.0 Å². The first kappa shape index (κ1) is 30.9. The first-order chi connectivity index (χ1) is 23.0. The van der Waals surface area contributed by atoms with Crippen molar-refractivity contribution in [3.8, 4) is 17.9 Å². The van der Waals surface area contributed by atoms with E-state index in [0.717, 1.165) is 41.1 Å². The van der Waals surface area contributed by atoms with E-state index in [1.165, 1.54) is 0 Å². The topological polar surface area (TPSA) is 158 Å². The van der Waals surface area contributed by atoms with Crippen LogP contribution in [0.2, 0.25) is 0 Å². The molecule has 12 heteroatoms. The monoisotopic (exact) mass is 643 g/mol. The minimum Gasteiger partial charge on any atom is -0.370 e. The quantitative estimate of drug-likeness (QED) is 0.306. The van der Waals surface area contributed by atoms with Crippen LogP contribution in [0, 0.1) is 29.1 Å². The standard InChI is InChI=1S/C36H33N7O5/c1-36(2,35(48)39-29-10-5-22(17-37)15-27(29)24-6-7-24)42-20-23(18-38-42)4-3-21-13-14-41(19-21)25-8-9-26-28(16-25)34(47)43(33(26)46)30-11-12-31(44)40-32(30)45/h5,8-10,15-16,18,20-21,24,30H,6-7,11-14,19H2,1-2H3,(H,39,48)(H,40,44,45). The molecule has 1 aromatic heterocycles. The molecule has 2 unspecified atom stereocenters. The molecule has 1 saturated carbocycles. The highest BCUT2D eigenvalue weighted by Gasteiger charge is 2.45. The Bertz CT molecular complexity index is 2010. The fraction of sp³-hybridized carbons (Fsp3) is 0.361. The van der Waals surface area contributed by atoms with E-state index in [1.807, 2.05) is 6.07 Å². The van der Waals surface area contributed by atoms with Gasteiger partial charge in [-0.1, -0.05) is 11.8 Å². The third-order valence-corrected chi connectivity index (χ3v) is 9.55. The summed E-state index contributed by atoms with van der Waals surface area (Å²) < 4.78 is 1.61. The van der Waals surface area contributed by atoms with Gasteiger partial charge in [0.05, 0.1) is 34.5 Å². The van der Waals surface area contributed by atoms with Crippen molar-refractivity contribution in [2.75, 3.05) is 23.3 Å². The van der Waals surface area contributed by atoms with Crippen molar-refractivity contribution in [1.82, 2.24) is 20.0 Å². The number of fused-ring (bicyclic) bond motifs is 1. The van der Waals surface area contributed by atoms with E-state index in [4.69, 9.17) is 0 Å². The number of nitrogens with one attached hydrogen (secondary N) is 2. The number of imide groups is 2. The summed E-state index contributed by atoms with van der Waals surface area (Å²) in [5.74, 6) is 4.60. The Morgan fingerprint density at radius 3 is 2.54 bits per heavy atom. The van der Waals surface area contributed by atoms with Crippen LogP contribution in [0.5, 0.6) is 0 Å². The lowest BCUT2D eigenvalue weighted by molar-refractivity contribution is -0.136. The van der Waals surface area contributed by atoms with Gasteiger partial charge in [-0.25, -0.2) is 0 Å². The SMILES string of the molecule is CC(C)(C(=O)Nc1ccc(C#N)cc1C1CC1)n1cc(C#CC2CCN(c3ccc4c(c3)C(=O)N(C3CCC(=O)NC3=O)C4=O)C2)cn1. The fourth-order valence-corrected chi connectivity index (χ4v) is 6.50. The summed E-state index contributed by atoms with van der Waals surface area (Å²) in [7, 11) is 0. The summed E-state index contributed by atoms with van der Waals surface area (Å²) in [5.41, 5.74) is 3.25. The van der Waals surface area contributed by atoms with Gasteiger partial charge >= 0.3 is 0 Å². The number of piperidine rings is 1. The smallest absolute Gasteiger partial charge is 0.262 e. The predicted octanol–water partition coefficient (Wildman–Crippen LogP) is 3.29.